The topological polar surface area (TPSA) is 36.1 Å². The molecule has 0 saturated carbocycles. The molecule has 0 aromatic heterocycles. The van der Waals surface area contributed by atoms with E-state index in [2.05, 4.69) is 28.6 Å². The lowest BCUT2D eigenvalue weighted by atomic mass is 11.4. The lowest BCUT2D eigenvalue weighted by Gasteiger charge is -1.95. The van der Waals surface area contributed by atoms with E-state index < -0.39 is 0 Å². The van der Waals surface area contributed by atoms with Gasteiger partial charge in [-0.2, -0.15) is 5.53 Å². The molecule has 4 heteroatoms. The van der Waals surface area contributed by atoms with Crippen LogP contribution in [0.25, 0.3) is 0 Å². The van der Waals surface area contributed by atoms with E-state index >= 15 is 0 Å². The van der Waals surface area contributed by atoms with Crippen LogP contribution >= 0.6 is 12.2 Å². The Kier molecular flexibility index (Phi) is 4.66. The molecule has 0 radical (unpaired) electrons. The van der Waals surface area contributed by atoms with Crippen LogP contribution in [0.1, 0.15) is 0 Å². The van der Waals surface area contributed by atoms with Gasteiger partial charge in [-0.3, -0.25) is 0 Å². The van der Waals surface area contributed by atoms with E-state index in [4.69, 9.17) is 0 Å². The Morgan fingerprint density at radius 1 is 1.67 bits per heavy atom. The Balaban J connectivity index is 2.49. The average molecular weight is 105 g/mol. The molecule has 0 aromatic carbocycles. The zero-order valence-electron chi connectivity index (χ0n) is 3.49. The number of hydrogen-bond donors (Lipinski definition) is 3. The number of rotatable bonds is 3. The van der Waals surface area contributed by atoms with Crippen molar-refractivity contribution in [2.24, 2.45) is 0 Å². The third kappa shape index (κ3) is 3.81. The van der Waals surface area contributed by atoms with Crippen LogP contribution in [0, 0.1) is 0 Å². The smallest absolute Gasteiger partial charge is 0.0769 e. The standard InChI is InChI=1S/C2H7N3S/c1-3-5-4-2-6/h2-3,5H,1H3,(H,4,6). The molecule has 0 aliphatic heterocycles. The molecule has 0 amide bonds. The molecule has 0 fully saturated rings. The highest BCUT2D eigenvalue weighted by molar-refractivity contribution is 7.78. The summed E-state index contributed by atoms with van der Waals surface area (Å²) >= 11 is 4.38. The van der Waals surface area contributed by atoms with Crippen molar-refractivity contribution in [3.8, 4) is 0 Å². The van der Waals surface area contributed by atoms with Crippen molar-refractivity contribution in [3.05, 3.63) is 0 Å². The first-order valence-corrected chi connectivity index (χ1v) is 2.00. The summed E-state index contributed by atoms with van der Waals surface area (Å²) in [6.07, 6.45) is 0. The van der Waals surface area contributed by atoms with Crippen molar-refractivity contribution < 1.29 is 0 Å². The lowest BCUT2D eigenvalue weighted by Crippen LogP contribution is -2.39. The Labute approximate surface area is 42.1 Å². The SMILES string of the molecule is CNNNC=S. The molecule has 0 unspecified atom stereocenters. The van der Waals surface area contributed by atoms with Gasteiger partial charge in [0, 0.05) is 7.05 Å². The van der Waals surface area contributed by atoms with Crippen LogP contribution in [-0.4, -0.2) is 12.5 Å². The molecule has 0 spiro atoms. The van der Waals surface area contributed by atoms with Gasteiger partial charge in [0.1, 0.15) is 0 Å². The molecule has 3 nitrogen and oxygen atoms in total. The van der Waals surface area contributed by atoms with E-state index in [1.54, 1.807) is 7.05 Å². The minimum atomic E-state index is 1.37. The quantitative estimate of drug-likeness (QED) is 0.249. The molecule has 0 aromatic rings. The summed E-state index contributed by atoms with van der Waals surface area (Å²) in [6, 6.07) is 0. The first kappa shape index (κ1) is 5.81. The Bertz CT molecular complexity index is 37.8. The van der Waals surface area contributed by atoms with Gasteiger partial charge in [0.2, 0.25) is 0 Å². The molecule has 0 atom stereocenters. The third-order valence-electron chi connectivity index (χ3n) is 0.256. The highest BCUT2D eigenvalue weighted by Gasteiger charge is 1.59. The third-order valence-corrected chi connectivity index (χ3v) is 0.374. The predicted molar refractivity (Wildman–Crippen MR) is 29.0 cm³/mol. The minimum Gasteiger partial charge on any atom is -0.305 e. The van der Waals surface area contributed by atoms with Gasteiger partial charge in [0.15, 0.2) is 0 Å². The van der Waals surface area contributed by atoms with Crippen LogP contribution in [0.4, 0.5) is 0 Å². The van der Waals surface area contributed by atoms with Crippen LogP contribution in [0.3, 0.4) is 0 Å². The maximum atomic E-state index is 4.38. The second-order valence-corrected chi connectivity index (χ2v) is 0.873. The Hall–Kier alpha value is -0.190. The zero-order chi connectivity index (χ0) is 4.83. The zero-order valence-corrected chi connectivity index (χ0v) is 4.30. The molecular weight excluding hydrogens is 98.1 g/mol. The summed E-state index contributed by atoms with van der Waals surface area (Å²) in [7, 11) is 1.74. The fourth-order valence-corrected chi connectivity index (χ4v) is 0.161. The molecule has 6 heavy (non-hydrogen) atoms. The summed E-state index contributed by atoms with van der Waals surface area (Å²) in [4.78, 5) is 0. The number of nitrogens with one attached hydrogen (secondary N) is 3. The van der Waals surface area contributed by atoms with Crippen LogP contribution in [0.15, 0.2) is 0 Å². The summed E-state index contributed by atoms with van der Waals surface area (Å²) < 4.78 is 0. The summed E-state index contributed by atoms with van der Waals surface area (Å²) in [5.74, 6) is 0. The van der Waals surface area contributed by atoms with Crippen molar-refractivity contribution in [2.75, 3.05) is 7.05 Å². The Morgan fingerprint density at radius 2 is 2.33 bits per heavy atom. The fourth-order valence-electron chi connectivity index (χ4n) is 0.102. The van der Waals surface area contributed by atoms with Gasteiger partial charge in [-0.25, -0.2) is 5.43 Å². The van der Waals surface area contributed by atoms with Gasteiger partial charge in [0.25, 0.3) is 0 Å². The second-order valence-electron chi connectivity index (χ2n) is 0.637. The van der Waals surface area contributed by atoms with Crippen molar-refractivity contribution >= 4 is 17.7 Å². The maximum Gasteiger partial charge on any atom is 0.0769 e. The second kappa shape index (κ2) is 4.81. The summed E-state index contributed by atoms with van der Waals surface area (Å²) in [6.45, 7) is 0. The largest absolute Gasteiger partial charge is 0.305 e. The molecule has 36 valence electrons. The molecule has 0 bridgehead atoms. The molecule has 0 heterocycles. The van der Waals surface area contributed by atoms with Crippen molar-refractivity contribution in [1.82, 2.24) is 16.4 Å². The van der Waals surface area contributed by atoms with Crippen molar-refractivity contribution in [2.45, 2.75) is 0 Å². The van der Waals surface area contributed by atoms with Crippen molar-refractivity contribution in [3.63, 3.8) is 0 Å². The monoisotopic (exact) mass is 105 g/mol. The first-order valence-electron chi connectivity index (χ1n) is 1.52. The minimum absolute atomic E-state index is 1.37. The van der Waals surface area contributed by atoms with E-state index in [1.807, 2.05) is 0 Å². The first-order chi connectivity index (χ1) is 2.91. The molecule has 0 rings (SSSR count). The Morgan fingerprint density at radius 3 is 2.50 bits per heavy atom. The predicted octanol–water partition coefficient (Wildman–Crippen LogP) is -0.828. The number of thiocarbonyl (C=S) groups is 1. The van der Waals surface area contributed by atoms with E-state index in [0.717, 1.165) is 0 Å². The fraction of sp³-hybridized carbons (Fsp3) is 0.500. The summed E-state index contributed by atoms with van der Waals surface area (Å²) in [5.41, 5.74) is 9.05. The molecule has 3 N–H and O–H groups in total. The van der Waals surface area contributed by atoms with E-state index in [1.165, 1.54) is 5.49 Å². The molecular formula is C2H7N3S. The lowest BCUT2D eigenvalue weighted by molar-refractivity contribution is 0.571. The number of hydrazine groups is 2. The average Bonchev–Trinajstić information content (AvgIpc) is 1.61. The van der Waals surface area contributed by atoms with Gasteiger partial charge in [-0.05, 0) is 0 Å². The van der Waals surface area contributed by atoms with Gasteiger partial charge in [-0.15, -0.1) is 0 Å². The highest BCUT2D eigenvalue weighted by Crippen LogP contribution is 1.31. The van der Waals surface area contributed by atoms with E-state index in [0.29, 0.717) is 0 Å². The van der Waals surface area contributed by atoms with Crippen LogP contribution in [-0.2, 0) is 0 Å². The van der Waals surface area contributed by atoms with E-state index in [-0.39, 0.29) is 0 Å². The van der Waals surface area contributed by atoms with Crippen LogP contribution < -0.4 is 16.4 Å². The normalized spacial score (nSPS) is 7.50. The number of hydrogen-bond acceptors (Lipinski definition) is 3. The van der Waals surface area contributed by atoms with Gasteiger partial charge in [-0.1, -0.05) is 12.2 Å². The van der Waals surface area contributed by atoms with Crippen LogP contribution in [0.2, 0.25) is 0 Å². The molecule has 0 aliphatic rings. The van der Waals surface area contributed by atoms with Gasteiger partial charge < -0.3 is 5.43 Å². The van der Waals surface area contributed by atoms with Gasteiger partial charge >= 0.3 is 0 Å². The summed E-state index contributed by atoms with van der Waals surface area (Å²) in [5, 5.41) is 0. The highest BCUT2D eigenvalue weighted by atomic mass is 32.1. The van der Waals surface area contributed by atoms with E-state index in [9.17, 15) is 0 Å². The molecule has 0 saturated heterocycles. The molecule has 0 aliphatic carbocycles. The van der Waals surface area contributed by atoms with Gasteiger partial charge in [0.05, 0.1) is 5.49 Å². The maximum absolute atomic E-state index is 4.38. The van der Waals surface area contributed by atoms with Crippen molar-refractivity contribution in [1.29, 1.82) is 0 Å². The van der Waals surface area contributed by atoms with Crippen LogP contribution in [0.5, 0.6) is 0 Å².